The number of nitrogen functional groups attached to an aromatic ring is 1. The van der Waals surface area contributed by atoms with E-state index in [0.29, 0.717) is 23.9 Å². The minimum atomic E-state index is -4.73. The lowest BCUT2D eigenvalue weighted by atomic mass is 10.0. The first-order valence-corrected chi connectivity index (χ1v) is 7.22. The lowest BCUT2D eigenvalue weighted by Crippen LogP contribution is -2.44. The molecule has 0 aliphatic rings. The van der Waals surface area contributed by atoms with Crippen LogP contribution in [0.1, 0.15) is 26.2 Å². The summed E-state index contributed by atoms with van der Waals surface area (Å²) in [5.41, 5.74) is 6.31. The first-order valence-electron chi connectivity index (χ1n) is 7.22. The number of alkyl halides is 3. The maximum Gasteiger partial charge on any atom is 0.416 e. The smallest absolute Gasteiger partial charge is 0.382 e. The lowest BCUT2D eigenvalue weighted by Gasteiger charge is -2.26. The molecule has 1 unspecified atom stereocenters. The predicted molar refractivity (Wildman–Crippen MR) is 80.7 cm³/mol. The van der Waals surface area contributed by atoms with Gasteiger partial charge in [0, 0.05) is 6.20 Å². The van der Waals surface area contributed by atoms with E-state index in [1.54, 1.807) is 12.1 Å². The molecule has 126 valence electrons. The van der Waals surface area contributed by atoms with Gasteiger partial charge >= 0.3 is 6.18 Å². The molecule has 0 aromatic carbocycles. The normalized spacial score (nSPS) is 14.7. The monoisotopic (exact) mass is 329 g/mol. The van der Waals surface area contributed by atoms with Gasteiger partial charge in [0.1, 0.15) is 5.52 Å². The molecule has 2 atom stereocenters. The van der Waals surface area contributed by atoms with Gasteiger partial charge in [-0.25, -0.2) is 4.98 Å². The van der Waals surface area contributed by atoms with E-state index in [2.05, 4.69) is 20.3 Å². The van der Waals surface area contributed by atoms with Crippen LogP contribution in [0.3, 0.4) is 0 Å². The molecule has 2 rings (SSSR count). The van der Waals surface area contributed by atoms with Crippen molar-refractivity contribution in [2.75, 3.05) is 11.1 Å². The highest BCUT2D eigenvalue weighted by Gasteiger charge is 2.43. The molecule has 0 radical (unpaired) electrons. The molecular formula is C14H18F3N5O. The van der Waals surface area contributed by atoms with E-state index in [9.17, 15) is 18.3 Å². The molecule has 9 heteroatoms. The number of nitrogens with two attached hydrogens (primary N) is 1. The first kappa shape index (κ1) is 17.2. The van der Waals surface area contributed by atoms with E-state index < -0.39 is 18.3 Å². The third-order valence-corrected chi connectivity index (χ3v) is 3.38. The number of fused-ring (bicyclic) bond motifs is 1. The van der Waals surface area contributed by atoms with Crippen molar-refractivity contribution in [3.05, 3.63) is 18.3 Å². The van der Waals surface area contributed by atoms with Gasteiger partial charge in [0.2, 0.25) is 5.95 Å². The van der Waals surface area contributed by atoms with Gasteiger partial charge in [-0.2, -0.15) is 18.2 Å². The summed E-state index contributed by atoms with van der Waals surface area (Å²) in [6, 6.07) is 2.03. The number of rotatable bonds is 6. The Morgan fingerprint density at radius 2 is 2.09 bits per heavy atom. The van der Waals surface area contributed by atoms with Crippen molar-refractivity contribution in [2.45, 2.75) is 44.5 Å². The van der Waals surface area contributed by atoms with Gasteiger partial charge in [-0.3, -0.25) is 4.98 Å². The maximum atomic E-state index is 12.9. The third-order valence-electron chi connectivity index (χ3n) is 3.38. The lowest BCUT2D eigenvalue weighted by molar-refractivity contribution is -0.208. The topological polar surface area (TPSA) is 97.0 Å². The molecule has 0 aliphatic carbocycles. The summed E-state index contributed by atoms with van der Waals surface area (Å²) in [7, 11) is 0. The van der Waals surface area contributed by atoms with Crippen molar-refractivity contribution in [3.63, 3.8) is 0 Å². The van der Waals surface area contributed by atoms with Crippen LogP contribution in [0.4, 0.5) is 24.9 Å². The number of aromatic nitrogens is 3. The van der Waals surface area contributed by atoms with Crippen LogP contribution in [-0.2, 0) is 0 Å². The minimum Gasteiger partial charge on any atom is -0.382 e. The van der Waals surface area contributed by atoms with Gasteiger partial charge in [-0.15, -0.1) is 0 Å². The van der Waals surface area contributed by atoms with Gasteiger partial charge in [-0.1, -0.05) is 19.8 Å². The van der Waals surface area contributed by atoms with Crippen molar-refractivity contribution < 1.29 is 18.3 Å². The van der Waals surface area contributed by atoms with Crippen LogP contribution in [0.15, 0.2) is 18.3 Å². The molecule has 0 spiro atoms. The van der Waals surface area contributed by atoms with Gasteiger partial charge in [0.15, 0.2) is 11.9 Å². The molecule has 0 saturated carbocycles. The Bertz CT molecular complexity index is 664. The zero-order valence-corrected chi connectivity index (χ0v) is 12.5. The fourth-order valence-electron chi connectivity index (χ4n) is 2.22. The first-order chi connectivity index (χ1) is 10.8. The van der Waals surface area contributed by atoms with Crippen LogP contribution in [0.5, 0.6) is 0 Å². The zero-order valence-electron chi connectivity index (χ0n) is 12.5. The number of anilines is 2. The number of aliphatic hydroxyl groups is 1. The molecule has 23 heavy (non-hydrogen) atoms. The zero-order chi connectivity index (χ0) is 17.0. The number of nitrogens with zero attached hydrogens (tertiary/aromatic N) is 3. The Hall–Kier alpha value is -2.16. The average molecular weight is 329 g/mol. The summed E-state index contributed by atoms with van der Waals surface area (Å²) in [5.74, 6) is 0.00115. The largest absolute Gasteiger partial charge is 0.416 e. The number of aliphatic hydroxyl groups excluding tert-OH is 1. The van der Waals surface area contributed by atoms with E-state index in [4.69, 9.17) is 5.73 Å². The van der Waals surface area contributed by atoms with Crippen LogP contribution < -0.4 is 11.1 Å². The number of hydrogen-bond donors (Lipinski definition) is 3. The van der Waals surface area contributed by atoms with Gasteiger partial charge in [0.05, 0.1) is 11.6 Å². The van der Waals surface area contributed by atoms with Crippen LogP contribution in [0.25, 0.3) is 11.0 Å². The van der Waals surface area contributed by atoms with Crippen LogP contribution in [0.2, 0.25) is 0 Å². The van der Waals surface area contributed by atoms with Crippen LogP contribution >= 0.6 is 0 Å². The summed E-state index contributed by atoms with van der Waals surface area (Å²) in [4.78, 5) is 12.0. The summed E-state index contributed by atoms with van der Waals surface area (Å²) in [6.07, 6.45) is -4.40. The van der Waals surface area contributed by atoms with E-state index in [1.807, 2.05) is 6.92 Å². The van der Waals surface area contributed by atoms with Crippen molar-refractivity contribution in [1.82, 2.24) is 15.0 Å². The summed E-state index contributed by atoms with van der Waals surface area (Å²) < 4.78 is 38.6. The Morgan fingerprint density at radius 1 is 1.35 bits per heavy atom. The fourth-order valence-corrected chi connectivity index (χ4v) is 2.22. The molecule has 4 N–H and O–H groups in total. The average Bonchev–Trinajstić information content (AvgIpc) is 2.49. The summed E-state index contributed by atoms with van der Waals surface area (Å²) in [6.45, 7) is 1.86. The van der Waals surface area contributed by atoms with Crippen molar-refractivity contribution in [1.29, 1.82) is 0 Å². The standard InChI is InChI=1S/C14H18F3N5O/c1-2-3-5-9(11(23)14(15,16)17)20-12-10-8(6-4-7-19-10)21-13(18)22-12/h4,6-7,9,11,23H,2-3,5H2,1H3,(H3,18,20,21,22)/t9-,11?/m1/s1. The number of halogens is 3. The molecule has 0 fully saturated rings. The molecule has 0 amide bonds. The highest BCUT2D eigenvalue weighted by atomic mass is 19.4. The minimum absolute atomic E-state index is 0.0799. The molecule has 6 nitrogen and oxygen atoms in total. The number of nitrogens with one attached hydrogen (secondary N) is 1. The second-order valence-corrected chi connectivity index (χ2v) is 5.18. The SMILES string of the molecule is CCCC[C@@H](Nc1nc(N)nc2cccnc12)C(O)C(F)(F)F. The quantitative estimate of drug-likeness (QED) is 0.753. The van der Waals surface area contributed by atoms with Crippen LogP contribution in [0, 0.1) is 0 Å². The number of pyridine rings is 1. The Balaban J connectivity index is 2.35. The molecule has 0 saturated heterocycles. The summed E-state index contributed by atoms with van der Waals surface area (Å²) in [5, 5.41) is 12.2. The molecule has 2 aromatic rings. The summed E-state index contributed by atoms with van der Waals surface area (Å²) >= 11 is 0. The van der Waals surface area contributed by atoms with Crippen molar-refractivity contribution in [3.8, 4) is 0 Å². The molecule has 0 aliphatic heterocycles. The Morgan fingerprint density at radius 3 is 2.74 bits per heavy atom. The van der Waals surface area contributed by atoms with E-state index >= 15 is 0 Å². The van der Waals surface area contributed by atoms with Gasteiger partial charge in [0.25, 0.3) is 0 Å². The number of unbranched alkanes of at least 4 members (excludes halogenated alkanes) is 1. The third kappa shape index (κ3) is 4.19. The second-order valence-electron chi connectivity index (χ2n) is 5.18. The second kappa shape index (κ2) is 6.95. The number of hydrogen-bond acceptors (Lipinski definition) is 6. The maximum absolute atomic E-state index is 12.9. The Kier molecular flexibility index (Phi) is 5.19. The van der Waals surface area contributed by atoms with E-state index in [-0.39, 0.29) is 18.2 Å². The van der Waals surface area contributed by atoms with Gasteiger partial charge < -0.3 is 16.2 Å². The van der Waals surface area contributed by atoms with Gasteiger partial charge in [-0.05, 0) is 18.6 Å². The molecule has 0 bridgehead atoms. The molecular weight excluding hydrogens is 311 g/mol. The van der Waals surface area contributed by atoms with Crippen molar-refractivity contribution in [2.24, 2.45) is 0 Å². The fraction of sp³-hybridized carbons (Fsp3) is 0.500. The van der Waals surface area contributed by atoms with E-state index in [0.717, 1.165) is 0 Å². The van der Waals surface area contributed by atoms with Crippen molar-refractivity contribution >= 4 is 22.8 Å². The highest BCUT2D eigenvalue weighted by Crippen LogP contribution is 2.28. The Labute approximate surface area is 131 Å². The van der Waals surface area contributed by atoms with E-state index in [1.165, 1.54) is 6.20 Å². The predicted octanol–water partition coefficient (Wildman–Crippen LogP) is 2.50. The molecule has 2 aromatic heterocycles. The highest BCUT2D eigenvalue weighted by molar-refractivity contribution is 5.85. The molecule has 2 heterocycles. The van der Waals surface area contributed by atoms with Crippen LogP contribution in [-0.4, -0.2) is 38.4 Å².